The van der Waals surface area contributed by atoms with Gasteiger partial charge in [-0.15, -0.1) is 0 Å². The molecule has 0 aliphatic carbocycles. The number of carbonyl (C=O) groups is 3. The zero-order chi connectivity index (χ0) is 26.5. The lowest BCUT2D eigenvalue weighted by Gasteiger charge is -2.14. The topological polar surface area (TPSA) is 84.9 Å². The first-order chi connectivity index (χ1) is 17.7. The van der Waals surface area contributed by atoms with Gasteiger partial charge in [0.05, 0.1) is 23.6 Å². The summed E-state index contributed by atoms with van der Waals surface area (Å²) in [5.74, 6) is -0.814. The van der Waals surface area contributed by atoms with Crippen LogP contribution >= 0.6 is 23.4 Å². The fraction of sp³-hybridized carbons (Fsp3) is 0.148. The molecule has 3 aromatic rings. The van der Waals surface area contributed by atoms with Gasteiger partial charge in [-0.2, -0.15) is 0 Å². The van der Waals surface area contributed by atoms with E-state index in [4.69, 9.17) is 21.1 Å². The molecule has 0 aromatic heterocycles. The van der Waals surface area contributed by atoms with Crippen LogP contribution in [0.5, 0.6) is 11.5 Å². The largest absolute Gasteiger partial charge is 0.493 e. The molecule has 4 rings (SSSR count). The number of halogens is 2. The number of thioether (sulfide) groups is 1. The van der Waals surface area contributed by atoms with Crippen LogP contribution in [-0.4, -0.2) is 35.7 Å². The van der Waals surface area contributed by atoms with Crippen LogP contribution in [0.2, 0.25) is 5.02 Å². The van der Waals surface area contributed by atoms with Gasteiger partial charge in [0.2, 0.25) is 0 Å². The van der Waals surface area contributed by atoms with Gasteiger partial charge in [-0.25, -0.2) is 4.39 Å². The van der Waals surface area contributed by atoms with Gasteiger partial charge in [0, 0.05) is 5.69 Å². The normalized spacial score (nSPS) is 14.3. The van der Waals surface area contributed by atoms with E-state index in [1.54, 1.807) is 18.2 Å². The maximum atomic E-state index is 13.2. The Labute approximate surface area is 222 Å². The SMILES string of the molecule is COc1cc(/C=C2\SC(=O)N(Cc3ccc(F)cc3)C2=O)cc(Cl)c1OCC(=O)Nc1cccc(C)c1. The molecule has 0 saturated carbocycles. The van der Waals surface area contributed by atoms with E-state index in [0.29, 0.717) is 16.8 Å². The number of aryl methyl sites for hydroxylation is 1. The second-order valence-electron chi connectivity index (χ2n) is 8.13. The maximum absolute atomic E-state index is 13.2. The van der Waals surface area contributed by atoms with Crippen LogP contribution in [0.15, 0.2) is 65.6 Å². The molecule has 10 heteroatoms. The van der Waals surface area contributed by atoms with Crippen LogP contribution in [0.3, 0.4) is 0 Å². The van der Waals surface area contributed by atoms with E-state index in [1.165, 1.54) is 37.5 Å². The Bertz CT molecular complexity index is 1390. The van der Waals surface area contributed by atoms with Gasteiger partial charge in [0.1, 0.15) is 5.82 Å². The summed E-state index contributed by atoms with van der Waals surface area (Å²) in [5, 5.41) is 2.48. The number of nitrogens with zero attached hydrogens (tertiary/aromatic N) is 1. The number of nitrogens with one attached hydrogen (secondary N) is 1. The van der Waals surface area contributed by atoms with Crippen molar-refractivity contribution < 1.29 is 28.2 Å². The van der Waals surface area contributed by atoms with Crippen molar-refractivity contribution in [3.8, 4) is 11.5 Å². The van der Waals surface area contributed by atoms with Crippen LogP contribution in [-0.2, 0) is 16.1 Å². The Morgan fingerprint density at radius 3 is 2.59 bits per heavy atom. The first-order valence-corrected chi connectivity index (χ1v) is 12.3. The van der Waals surface area contributed by atoms with Crippen LogP contribution < -0.4 is 14.8 Å². The molecule has 37 heavy (non-hydrogen) atoms. The number of hydrogen-bond acceptors (Lipinski definition) is 6. The summed E-state index contributed by atoms with van der Waals surface area (Å²) in [6.07, 6.45) is 1.53. The molecule has 0 spiro atoms. The molecular formula is C27H22ClFN2O5S. The number of benzene rings is 3. The molecule has 3 amide bonds. The molecule has 0 unspecified atom stereocenters. The van der Waals surface area contributed by atoms with E-state index >= 15 is 0 Å². The van der Waals surface area contributed by atoms with Crippen LogP contribution in [0.25, 0.3) is 6.08 Å². The minimum Gasteiger partial charge on any atom is -0.493 e. The monoisotopic (exact) mass is 540 g/mol. The lowest BCUT2D eigenvalue weighted by Crippen LogP contribution is -2.27. The average Bonchev–Trinajstić information content (AvgIpc) is 3.11. The zero-order valence-corrected chi connectivity index (χ0v) is 21.5. The maximum Gasteiger partial charge on any atom is 0.293 e. The summed E-state index contributed by atoms with van der Waals surface area (Å²) in [6.45, 7) is 1.65. The Kier molecular flexibility index (Phi) is 8.15. The highest BCUT2D eigenvalue weighted by molar-refractivity contribution is 8.18. The molecular weight excluding hydrogens is 519 g/mol. The van der Waals surface area contributed by atoms with Gasteiger partial charge in [0.15, 0.2) is 18.1 Å². The first kappa shape index (κ1) is 26.2. The predicted octanol–water partition coefficient (Wildman–Crippen LogP) is 6.05. The molecule has 1 heterocycles. The molecule has 190 valence electrons. The third-order valence-corrected chi connectivity index (χ3v) is 6.51. The summed E-state index contributed by atoms with van der Waals surface area (Å²) in [4.78, 5) is 38.9. The van der Waals surface area contributed by atoms with E-state index in [2.05, 4.69) is 5.32 Å². The van der Waals surface area contributed by atoms with E-state index in [1.807, 2.05) is 25.1 Å². The minimum atomic E-state index is -0.470. The second-order valence-corrected chi connectivity index (χ2v) is 9.54. The van der Waals surface area contributed by atoms with Crippen LogP contribution in [0.1, 0.15) is 16.7 Å². The van der Waals surface area contributed by atoms with Gasteiger partial charge in [-0.3, -0.25) is 19.3 Å². The summed E-state index contributed by atoms with van der Waals surface area (Å²) in [5.41, 5.74) is 2.79. The Balaban J connectivity index is 1.46. The second kappa shape index (κ2) is 11.5. The van der Waals surface area contributed by atoms with Crippen molar-refractivity contribution in [2.75, 3.05) is 19.0 Å². The molecule has 1 fully saturated rings. The van der Waals surface area contributed by atoms with Crippen molar-refractivity contribution in [3.63, 3.8) is 0 Å². The summed E-state index contributed by atoms with van der Waals surface area (Å²) in [6, 6.07) is 16.1. The van der Waals surface area contributed by atoms with E-state index in [-0.39, 0.29) is 40.5 Å². The van der Waals surface area contributed by atoms with Gasteiger partial charge in [-0.1, -0.05) is 35.9 Å². The number of hydrogen-bond donors (Lipinski definition) is 1. The molecule has 1 saturated heterocycles. The van der Waals surface area contributed by atoms with E-state index in [9.17, 15) is 18.8 Å². The highest BCUT2D eigenvalue weighted by atomic mass is 35.5. The molecule has 0 radical (unpaired) electrons. The standard InChI is InChI=1S/C27H22ClFN2O5S/c1-16-4-3-5-20(10-16)30-24(32)15-36-25-21(28)11-18(12-22(25)35-2)13-23-26(33)31(27(34)37-23)14-17-6-8-19(29)9-7-17/h3-13H,14-15H2,1-2H3,(H,30,32)/b23-13-. The van der Waals surface area contributed by atoms with Crippen molar-refractivity contribution in [3.05, 3.63) is 93.1 Å². The van der Waals surface area contributed by atoms with Crippen molar-refractivity contribution in [2.45, 2.75) is 13.5 Å². The first-order valence-electron chi connectivity index (χ1n) is 11.1. The van der Waals surface area contributed by atoms with E-state index in [0.717, 1.165) is 22.2 Å². The van der Waals surface area contributed by atoms with Gasteiger partial charge in [-0.05, 0) is 77.9 Å². The van der Waals surface area contributed by atoms with Crippen molar-refractivity contribution in [2.24, 2.45) is 0 Å². The fourth-order valence-electron chi connectivity index (χ4n) is 3.58. The minimum absolute atomic E-state index is 0.0315. The number of anilines is 1. The van der Waals surface area contributed by atoms with Crippen LogP contribution in [0, 0.1) is 12.7 Å². The lowest BCUT2D eigenvalue weighted by atomic mass is 10.1. The fourth-order valence-corrected chi connectivity index (χ4v) is 4.69. The predicted molar refractivity (Wildman–Crippen MR) is 141 cm³/mol. The average molecular weight is 541 g/mol. The molecule has 1 N–H and O–H groups in total. The highest BCUT2D eigenvalue weighted by Crippen LogP contribution is 2.39. The van der Waals surface area contributed by atoms with Crippen molar-refractivity contribution in [1.82, 2.24) is 4.90 Å². The number of imide groups is 1. The molecule has 1 aliphatic heterocycles. The molecule has 0 atom stereocenters. The van der Waals surface area contributed by atoms with Crippen LogP contribution in [0.4, 0.5) is 14.9 Å². The van der Waals surface area contributed by atoms with Gasteiger partial charge in [0.25, 0.3) is 17.1 Å². The molecule has 1 aliphatic rings. The third-order valence-electron chi connectivity index (χ3n) is 5.33. The molecule has 0 bridgehead atoms. The summed E-state index contributed by atoms with van der Waals surface area (Å²) in [7, 11) is 1.42. The zero-order valence-electron chi connectivity index (χ0n) is 19.9. The molecule has 3 aromatic carbocycles. The molecule has 7 nitrogen and oxygen atoms in total. The van der Waals surface area contributed by atoms with E-state index < -0.39 is 17.0 Å². The smallest absolute Gasteiger partial charge is 0.293 e. The number of amides is 3. The Morgan fingerprint density at radius 2 is 1.89 bits per heavy atom. The summed E-state index contributed by atoms with van der Waals surface area (Å²) >= 11 is 7.21. The number of rotatable bonds is 8. The number of carbonyl (C=O) groups excluding carboxylic acids is 3. The van der Waals surface area contributed by atoms with Gasteiger partial charge < -0.3 is 14.8 Å². The van der Waals surface area contributed by atoms with Crippen molar-refractivity contribution >= 4 is 52.2 Å². The third kappa shape index (κ3) is 6.49. The van der Waals surface area contributed by atoms with Gasteiger partial charge >= 0.3 is 0 Å². The Hall–Kier alpha value is -3.82. The summed E-state index contributed by atoms with van der Waals surface area (Å²) < 4.78 is 24.2. The quantitative estimate of drug-likeness (QED) is 0.350. The highest BCUT2D eigenvalue weighted by Gasteiger charge is 2.35. The van der Waals surface area contributed by atoms with Crippen molar-refractivity contribution in [1.29, 1.82) is 0 Å². The lowest BCUT2D eigenvalue weighted by molar-refractivity contribution is -0.123. The Morgan fingerprint density at radius 1 is 1.14 bits per heavy atom. The number of methoxy groups -OCH3 is 1. The number of ether oxygens (including phenoxy) is 2.